The summed E-state index contributed by atoms with van der Waals surface area (Å²) in [5.41, 5.74) is 0.259. The molecule has 4 nitrogen and oxygen atoms in total. The first-order chi connectivity index (χ1) is 10.1. The zero-order valence-corrected chi connectivity index (χ0v) is 13.8. The van der Waals surface area contributed by atoms with Crippen LogP contribution in [0.1, 0.15) is 43.5 Å². The zero-order valence-electron chi connectivity index (χ0n) is 12.2. The fourth-order valence-corrected chi connectivity index (χ4v) is 6.36. The molecule has 1 aromatic heterocycles. The zero-order chi connectivity index (χ0) is 14.6. The molecule has 21 heavy (non-hydrogen) atoms. The van der Waals surface area contributed by atoms with Gasteiger partial charge in [0, 0.05) is 12.5 Å². The molecule has 0 aromatic carbocycles. The average molecular weight is 326 g/mol. The highest BCUT2D eigenvalue weighted by atomic mass is 35.5. The van der Waals surface area contributed by atoms with Gasteiger partial charge in [0.15, 0.2) is 0 Å². The minimum absolute atomic E-state index is 0.0111. The van der Waals surface area contributed by atoms with E-state index in [-0.39, 0.29) is 17.2 Å². The van der Waals surface area contributed by atoms with Crippen LogP contribution in [0.3, 0.4) is 0 Å². The summed E-state index contributed by atoms with van der Waals surface area (Å²) >= 11 is 7.22. The average Bonchev–Trinajstić information content (AvgIpc) is 2.94. The van der Waals surface area contributed by atoms with Crippen molar-refractivity contribution < 1.29 is 4.79 Å². The number of alkyl halides is 1. The molecule has 0 N–H and O–H groups in total. The highest BCUT2D eigenvalue weighted by molar-refractivity contribution is 7.15. The number of carbonyl (C=O) groups is 1. The summed E-state index contributed by atoms with van der Waals surface area (Å²) in [4.78, 5) is 13.2. The van der Waals surface area contributed by atoms with E-state index in [0.717, 1.165) is 22.8 Å². The second-order valence-electron chi connectivity index (χ2n) is 7.17. The largest absolute Gasteiger partial charge is 0.289 e. The molecule has 0 unspecified atom stereocenters. The van der Waals surface area contributed by atoms with Gasteiger partial charge in [-0.2, -0.15) is 0 Å². The van der Waals surface area contributed by atoms with Crippen molar-refractivity contribution in [3.63, 3.8) is 0 Å². The maximum atomic E-state index is 11.7. The predicted molar refractivity (Wildman–Crippen MR) is 83.9 cm³/mol. The molecule has 4 saturated carbocycles. The van der Waals surface area contributed by atoms with Crippen molar-refractivity contribution in [2.45, 2.75) is 43.9 Å². The molecule has 0 saturated heterocycles. The lowest BCUT2D eigenvalue weighted by Gasteiger charge is -2.55. The molecule has 4 bridgehead atoms. The Balaban J connectivity index is 1.62. The van der Waals surface area contributed by atoms with Crippen LogP contribution in [0.2, 0.25) is 0 Å². The molecule has 4 aliphatic rings. The van der Waals surface area contributed by atoms with E-state index in [1.54, 1.807) is 18.4 Å². The van der Waals surface area contributed by atoms with Gasteiger partial charge in [0.25, 0.3) is 0 Å². The molecule has 0 atom stereocenters. The Bertz CT molecular complexity index is 538. The Kier molecular flexibility index (Phi) is 3.26. The highest BCUT2D eigenvalue weighted by Gasteiger charge is 2.53. The molecule has 114 valence electrons. The lowest BCUT2D eigenvalue weighted by atomic mass is 9.50. The van der Waals surface area contributed by atoms with Crippen LogP contribution >= 0.6 is 22.9 Å². The number of amides is 1. The smallest absolute Gasteiger partial charge is 0.243 e. The molecule has 6 heteroatoms. The first-order valence-electron chi connectivity index (χ1n) is 7.76. The maximum absolute atomic E-state index is 11.7. The molecule has 0 radical (unpaired) electrons. The van der Waals surface area contributed by atoms with Crippen molar-refractivity contribution in [3.05, 3.63) is 5.01 Å². The van der Waals surface area contributed by atoms with Gasteiger partial charge in [-0.05, 0) is 56.3 Å². The third kappa shape index (κ3) is 2.20. The molecule has 0 aliphatic heterocycles. The quantitative estimate of drug-likeness (QED) is 0.802. The van der Waals surface area contributed by atoms with Gasteiger partial charge >= 0.3 is 0 Å². The Labute approximate surface area is 133 Å². The van der Waals surface area contributed by atoms with Gasteiger partial charge < -0.3 is 0 Å². The number of hydrogen-bond donors (Lipinski definition) is 0. The first-order valence-corrected chi connectivity index (χ1v) is 9.11. The summed E-state index contributed by atoms with van der Waals surface area (Å²) in [6.07, 6.45) is 8.11. The standard InChI is InChI=1S/C15H20ClN3OS/c1-19(12(20)8-16)14-18-17-13(21-14)15-5-9-2-10(6-15)4-11(3-9)7-15/h9-11H,2-8H2,1H3. The monoisotopic (exact) mass is 325 g/mol. The normalized spacial score (nSPS) is 37.0. The molecule has 1 aromatic rings. The Morgan fingerprint density at radius 2 is 1.81 bits per heavy atom. The Hall–Kier alpha value is -0.680. The lowest BCUT2D eigenvalue weighted by Crippen LogP contribution is -2.48. The predicted octanol–water partition coefficient (Wildman–Crippen LogP) is 3.21. The van der Waals surface area contributed by atoms with Gasteiger partial charge in [0.05, 0.1) is 0 Å². The van der Waals surface area contributed by atoms with Crippen LogP contribution in [0.4, 0.5) is 5.13 Å². The molecule has 5 rings (SSSR count). The molecular formula is C15H20ClN3OS. The topological polar surface area (TPSA) is 46.1 Å². The molecule has 1 amide bonds. The van der Waals surface area contributed by atoms with Gasteiger partial charge in [-0.1, -0.05) is 11.3 Å². The number of aromatic nitrogens is 2. The van der Waals surface area contributed by atoms with E-state index in [0.29, 0.717) is 5.13 Å². The van der Waals surface area contributed by atoms with Crippen LogP contribution in [0.5, 0.6) is 0 Å². The summed E-state index contributed by atoms with van der Waals surface area (Å²) in [5.74, 6) is 2.55. The number of anilines is 1. The van der Waals surface area contributed by atoms with E-state index in [1.807, 2.05) is 0 Å². The molecule has 4 aliphatic carbocycles. The number of rotatable bonds is 3. The van der Waals surface area contributed by atoms with E-state index in [2.05, 4.69) is 10.2 Å². The number of nitrogens with zero attached hydrogens (tertiary/aromatic N) is 3. The van der Waals surface area contributed by atoms with Gasteiger partial charge in [0.2, 0.25) is 11.0 Å². The van der Waals surface area contributed by atoms with Crippen molar-refractivity contribution in [2.24, 2.45) is 17.8 Å². The van der Waals surface area contributed by atoms with Crippen LogP contribution in [0.15, 0.2) is 0 Å². The second kappa shape index (κ2) is 4.92. The minimum Gasteiger partial charge on any atom is -0.289 e. The van der Waals surface area contributed by atoms with Crippen LogP contribution in [0.25, 0.3) is 0 Å². The minimum atomic E-state index is -0.120. The summed E-state index contributed by atoms with van der Waals surface area (Å²) in [7, 11) is 1.73. The molecule has 0 spiro atoms. The van der Waals surface area contributed by atoms with Gasteiger partial charge in [-0.3, -0.25) is 9.69 Å². The Morgan fingerprint density at radius 1 is 1.24 bits per heavy atom. The third-order valence-corrected chi connectivity index (χ3v) is 7.16. The summed E-state index contributed by atoms with van der Waals surface area (Å²) < 4.78 is 0. The first kappa shape index (κ1) is 13.9. The van der Waals surface area contributed by atoms with Crippen molar-refractivity contribution >= 4 is 34.0 Å². The van der Waals surface area contributed by atoms with E-state index >= 15 is 0 Å². The van der Waals surface area contributed by atoms with Gasteiger partial charge in [-0.15, -0.1) is 21.8 Å². The molecular weight excluding hydrogens is 306 g/mol. The van der Waals surface area contributed by atoms with E-state index in [9.17, 15) is 4.79 Å². The summed E-state index contributed by atoms with van der Waals surface area (Å²) in [5, 5.41) is 10.6. The van der Waals surface area contributed by atoms with E-state index in [1.165, 1.54) is 43.4 Å². The van der Waals surface area contributed by atoms with Crippen LogP contribution in [-0.2, 0) is 10.2 Å². The van der Waals surface area contributed by atoms with Crippen molar-refractivity contribution in [3.8, 4) is 0 Å². The van der Waals surface area contributed by atoms with Crippen molar-refractivity contribution in [2.75, 3.05) is 17.8 Å². The Morgan fingerprint density at radius 3 is 2.33 bits per heavy atom. The number of halogens is 1. The van der Waals surface area contributed by atoms with E-state index in [4.69, 9.17) is 11.6 Å². The SMILES string of the molecule is CN(C(=O)CCl)c1nnc(C23CC4CC(CC(C4)C2)C3)s1. The van der Waals surface area contributed by atoms with Crippen molar-refractivity contribution in [1.82, 2.24) is 10.2 Å². The summed E-state index contributed by atoms with van der Waals surface area (Å²) in [6.45, 7) is 0. The summed E-state index contributed by atoms with van der Waals surface area (Å²) in [6, 6.07) is 0. The fourth-order valence-electron chi connectivity index (χ4n) is 5.13. The van der Waals surface area contributed by atoms with Gasteiger partial charge in [0.1, 0.15) is 10.9 Å². The van der Waals surface area contributed by atoms with Crippen molar-refractivity contribution in [1.29, 1.82) is 0 Å². The van der Waals surface area contributed by atoms with Crippen LogP contribution < -0.4 is 4.90 Å². The fraction of sp³-hybridized carbons (Fsp3) is 0.800. The maximum Gasteiger partial charge on any atom is 0.243 e. The van der Waals surface area contributed by atoms with E-state index < -0.39 is 0 Å². The molecule has 4 fully saturated rings. The molecule has 1 heterocycles. The second-order valence-corrected chi connectivity index (χ2v) is 8.40. The number of carbonyl (C=O) groups excluding carboxylic acids is 1. The third-order valence-electron chi connectivity index (χ3n) is 5.68. The van der Waals surface area contributed by atoms with Crippen LogP contribution in [-0.4, -0.2) is 29.0 Å². The van der Waals surface area contributed by atoms with Crippen LogP contribution in [0, 0.1) is 17.8 Å². The van der Waals surface area contributed by atoms with Gasteiger partial charge in [-0.25, -0.2) is 0 Å². The highest BCUT2D eigenvalue weighted by Crippen LogP contribution is 2.61. The number of hydrogen-bond acceptors (Lipinski definition) is 4. The lowest BCUT2D eigenvalue weighted by molar-refractivity contribution is -0.116.